The van der Waals surface area contributed by atoms with Gasteiger partial charge in [-0.2, -0.15) is 0 Å². The zero-order valence-electron chi connectivity index (χ0n) is 12.5. The minimum absolute atomic E-state index is 0.412. The van der Waals surface area contributed by atoms with Gasteiger partial charge in [0.1, 0.15) is 11.3 Å². The summed E-state index contributed by atoms with van der Waals surface area (Å²) in [7, 11) is 0. The molecule has 0 saturated carbocycles. The SMILES string of the molecule is CC(C)CC[C@@]1(C)C(=O)C(C(=O)O)=C(O)c2ccccc21. The largest absolute Gasteiger partial charge is 0.506 e. The third-order valence-corrected chi connectivity index (χ3v) is 4.18. The van der Waals surface area contributed by atoms with Gasteiger partial charge in [0, 0.05) is 5.56 Å². The number of ketones is 1. The number of Topliss-reactive ketones (excluding diaryl/α,β-unsaturated/α-hetero) is 1. The van der Waals surface area contributed by atoms with E-state index in [2.05, 4.69) is 13.8 Å². The van der Waals surface area contributed by atoms with Crippen molar-refractivity contribution in [2.45, 2.75) is 39.0 Å². The highest BCUT2D eigenvalue weighted by atomic mass is 16.4. The Morgan fingerprint density at radius 3 is 2.48 bits per heavy atom. The Morgan fingerprint density at radius 1 is 1.29 bits per heavy atom. The van der Waals surface area contributed by atoms with Crippen molar-refractivity contribution in [2.24, 2.45) is 5.92 Å². The number of benzene rings is 1. The van der Waals surface area contributed by atoms with Gasteiger partial charge in [0.05, 0.1) is 5.41 Å². The summed E-state index contributed by atoms with van der Waals surface area (Å²) in [6.45, 7) is 5.90. The average molecular weight is 288 g/mol. The fraction of sp³-hybridized carbons (Fsp3) is 0.412. The fourth-order valence-electron chi connectivity index (χ4n) is 2.84. The molecule has 1 atom stereocenters. The maximum absolute atomic E-state index is 12.7. The van der Waals surface area contributed by atoms with Crippen LogP contribution in [0.1, 0.15) is 44.7 Å². The number of carbonyl (C=O) groups excluding carboxylic acids is 1. The first-order chi connectivity index (χ1) is 9.79. The summed E-state index contributed by atoms with van der Waals surface area (Å²) in [5, 5.41) is 19.4. The molecule has 4 nitrogen and oxygen atoms in total. The van der Waals surface area contributed by atoms with Gasteiger partial charge in [-0.05, 0) is 31.2 Å². The van der Waals surface area contributed by atoms with Crippen LogP contribution < -0.4 is 0 Å². The van der Waals surface area contributed by atoms with Crippen LogP contribution in [0.3, 0.4) is 0 Å². The van der Waals surface area contributed by atoms with Crippen molar-refractivity contribution >= 4 is 17.5 Å². The number of rotatable bonds is 4. The molecule has 4 heteroatoms. The van der Waals surface area contributed by atoms with Crippen molar-refractivity contribution in [1.29, 1.82) is 0 Å². The molecular formula is C17H20O4. The number of aliphatic hydroxyl groups excluding tert-OH is 1. The molecule has 0 spiro atoms. The first-order valence-electron chi connectivity index (χ1n) is 7.10. The third kappa shape index (κ3) is 2.46. The Morgan fingerprint density at radius 2 is 1.90 bits per heavy atom. The van der Waals surface area contributed by atoms with Crippen LogP contribution in [0.5, 0.6) is 0 Å². The molecule has 0 aromatic heterocycles. The van der Waals surface area contributed by atoms with E-state index in [0.29, 0.717) is 23.5 Å². The van der Waals surface area contributed by atoms with E-state index in [1.165, 1.54) is 0 Å². The molecule has 21 heavy (non-hydrogen) atoms. The number of carbonyl (C=O) groups is 2. The molecule has 1 aliphatic rings. The molecule has 0 unspecified atom stereocenters. The van der Waals surface area contributed by atoms with Gasteiger partial charge in [0.15, 0.2) is 5.78 Å². The summed E-state index contributed by atoms with van der Waals surface area (Å²) in [6.07, 6.45) is 1.37. The molecule has 2 rings (SSSR count). The van der Waals surface area contributed by atoms with Crippen molar-refractivity contribution in [1.82, 2.24) is 0 Å². The quantitative estimate of drug-likeness (QED) is 0.833. The van der Waals surface area contributed by atoms with Gasteiger partial charge in [-0.15, -0.1) is 0 Å². The fourth-order valence-corrected chi connectivity index (χ4v) is 2.84. The van der Waals surface area contributed by atoms with E-state index in [1.54, 1.807) is 31.2 Å². The topological polar surface area (TPSA) is 74.6 Å². The maximum Gasteiger partial charge on any atom is 0.343 e. The number of aliphatic carboxylic acids is 1. The lowest BCUT2D eigenvalue weighted by Gasteiger charge is -2.35. The number of fused-ring (bicyclic) bond motifs is 1. The van der Waals surface area contributed by atoms with Crippen LogP contribution in [0.15, 0.2) is 29.8 Å². The van der Waals surface area contributed by atoms with Crippen LogP contribution in [0.2, 0.25) is 0 Å². The zero-order valence-corrected chi connectivity index (χ0v) is 12.5. The number of carboxylic acid groups (broad SMARTS) is 1. The van der Waals surface area contributed by atoms with Crippen molar-refractivity contribution < 1.29 is 19.8 Å². The van der Waals surface area contributed by atoms with Gasteiger partial charge in [0.25, 0.3) is 0 Å². The van der Waals surface area contributed by atoms with Crippen molar-refractivity contribution in [3.63, 3.8) is 0 Å². The molecule has 0 bridgehead atoms. The normalized spacial score (nSPS) is 21.6. The molecule has 1 aromatic carbocycles. The van der Waals surface area contributed by atoms with Crippen LogP contribution in [0.25, 0.3) is 5.76 Å². The predicted octanol–water partition coefficient (Wildman–Crippen LogP) is 3.32. The number of hydrogen-bond donors (Lipinski definition) is 2. The molecule has 0 radical (unpaired) electrons. The number of carboxylic acids is 1. The van der Waals surface area contributed by atoms with E-state index in [0.717, 1.165) is 6.42 Å². The first-order valence-corrected chi connectivity index (χ1v) is 7.10. The molecule has 112 valence electrons. The molecule has 1 aliphatic carbocycles. The summed E-state index contributed by atoms with van der Waals surface area (Å²) < 4.78 is 0. The highest BCUT2D eigenvalue weighted by Gasteiger charge is 2.45. The number of hydrogen-bond acceptors (Lipinski definition) is 3. The minimum Gasteiger partial charge on any atom is -0.506 e. The van der Waals surface area contributed by atoms with Gasteiger partial charge < -0.3 is 10.2 Å². The van der Waals surface area contributed by atoms with E-state index >= 15 is 0 Å². The lowest BCUT2D eigenvalue weighted by Crippen LogP contribution is -2.40. The second kappa shape index (κ2) is 5.35. The predicted molar refractivity (Wildman–Crippen MR) is 80.1 cm³/mol. The molecule has 0 amide bonds. The van der Waals surface area contributed by atoms with Crippen LogP contribution in [-0.4, -0.2) is 22.0 Å². The standard InChI is InChI=1S/C17H20O4/c1-10(2)8-9-17(3)12-7-5-4-6-11(12)14(18)13(15(17)19)16(20)21/h4-7,10,18H,8-9H2,1-3H3,(H,20,21)/t17-/m1/s1. The zero-order chi connectivity index (χ0) is 15.8. The van der Waals surface area contributed by atoms with Crippen LogP contribution in [-0.2, 0) is 15.0 Å². The summed E-state index contributed by atoms with van der Waals surface area (Å²) in [5.41, 5.74) is -0.250. The third-order valence-electron chi connectivity index (χ3n) is 4.18. The molecule has 0 fully saturated rings. The van der Waals surface area contributed by atoms with Crippen LogP contribution >= 0.6 is 0 Å². The lowest BCUT2D eigenvalue weighted by molar-refractivity contribution is -0.135. The molecule has 0 saturated heterocycles. The summed E-state index contributed by atoms with van der Waals surface area (Å²) in [4.78, 5) is 24.0. The van der Waals surface area contributed by atoms with Gasteiger partial charge in [-0.3, -0.25) is 4.79 Å². The van der Waals surface area contributed by atoms with Gasteiger partial charge in [-0.1, -0.05) is 38.1 Å². The van der Waals surface area contributed by atoms with Crippen molar-refractivity contribution in [2.75, 3.05) is 0 Å². The van der Waals surface area contributed by atoms with Crippen molar-refractivity contribution in [3.05, 3.63) is 41.0 Å². The smallest absolute Gasteiger partial charge is 0.343 e. The maximum atomic E-state index is 12.7. The Kier molecular flexibility index (Phi) is 3.90. The first kappa shape index (κ1) is 15.3. The van der Waals surface area contributed by atoms with Gasteiger partial charge >= 0.3 is 5.97 Å². The molecule has 0 heterocycles. The van der Waals surface area contributed by atoms with E-state index in [4.69, 9.17) is 0 Å². The van der Waals surface area contributed by atoms with E-state index < -0.39 is 28.5 Å². The minimum atomic E-state index is -1.37. The summed E-state index contributed by atoms with van der Waals surface area (Å²) in [5.74, 6) is -1.89. The van der Waals surface area contributed by atoms with Gasteiger partial charge in [0.2, 0.25) is 0 Å². The van der Waals surface area contributed by atoms with Crippen molar-refractivity contribution in [3.8, 4) is 0 Å². The summed E-state index contributed by atoms with van der Waals surface area (Å²) >= 11 is 0. The Labute approximate surface area is 124 Å². The Hall–Kier alpha value is -2.10. The Balaban J connectivity index is 2.63. The highest BCUT2D eigenvalue weighted by Crippen LogP contribution is 2.42. The molecule has 2 N–H and O–H groups in total. The second-order valence-corrected chi connectivity index (χ2v) is 6.17. The monoisotopic (exact) mass is 288 g/mol. The molecule has 0 aliphatic heterocycles. The highest BCUT2D eigenvalue weighted by molar-refractivity contribution is 6.26. The van der Waals surface area contributed by atoms with Crippen LogP contribution in [0, 0.1) is 5.92 Å². The number of aliphatic hydroxyl groups is 1. The second-order valence-electron chi connectivity index (χ2n) is 6.17. The lowest BCUT2D eigenvalue weighted by atomic mass is 9.67. The van der Waals surface area contributed by atoms with E-state index in [9.17, 15) is 19.8 Å². The summed E-state index contributed by atoms with van der Waals surface area (Å²) in [6, 6.07) is 6.99. The van der Waals surface area contributed by atoms with E-state index in [1.807, 2.05) is 0 Å². The van der Waals surface area contributed by atoms with E-state index in [-0.39, 0.29) is 0 Å². The molecular weight excluding hydrogens is 268 g/mol. The van der Waals surface area contributed by atoms with Gasteiger partial charge in [-0.25, -0.2) is 4.79 Å². The Bertz CT molecular complexity index is 627. The van der Waals surface area contributed by atoms with Crippen LogP contribution in [0.4, 0.5) is 0 Å². The molecule has 1 aromatic rings. The average Bonchev–Trinajstić information content (AvgIpc) is 2.43.